The normalized spacial score (nSPS) is 21.5. The van der Waals surface area contributed by atoms with Crippen molar-refractivity contribution in [2.24, 2.45) is 0 Å². The molecule has 1 N–H and O–H groups in total. The van der Waals surface area contributed by atoms with Crippen molar-refractivity contribution in [1.29, 1.82) is 0 Å². The number of nitrogens with one attached hydrogen (secondary N) is 1. The van der Waals surface area contributed by atoms with Crippen LogP contribution in [0.4, 0.5) is 0 Å². The van der Waals surface area contributed by atoms with Crippen molar-refractivity contribution in [1.82, 2.24) is 5.32 Å². The van der Waals surface area contributed by atoms with Gasteiger partial charge >= 0.3 is 0 Å². The molecule has 0 aromatic rings. The largest absolute Gasteiger partial charge is 0.380 e. The fourth-order valence-electron chi connectivity index (χ4n) is 3.09. The van der Waals surface area contributed by atoms with E-state index in [1.807, 2.05) is 0 Å². The number of hydrogen-bond donors (Lipinski definition) is 1. The van der Waals surface area contributed by atoms with Crippen LogP contribution >= 0.6 is 0 Å². The molecule has 1 unspecified atom stereocenters. The van der Waals surface area contributed by atoms with Crippen LogP contribution in [0.5, 0.6) is 0 Å². The Labute approximate surface area is 113 Å². The molecule has 1 atom stereocenters. The van der Waals surface area contributed by atoms with Gasteiger partial charge in [-0.15, -0.1) is 0 Å². The summed E-state index contributed by atoms with van der Waals surface area (Å²) in [4.78, 5) is 0. The van der Waals surface area contributed by atoms with Gasteiger partial charge in [0, 0.05) is 13.2 Å². The van der Waals surface area contributed by atoms with Gasteiger partial charge in [0.2, 0.25) is 0 Å². The molecule has 1 aliphatic carbocycles. The summed E-state index contributed by atoms with van der Waals surface area (Å²) in [6, 6.07) is 0.334. The van der Waals surface area contributed by atoms with Crippen molar-refractivity contribution in [3.05, 3.63) is 0 Å². The predicted molar refractivity (Wildman–Crippen MR) is 76.0 cm³/mol. The van der Waals surface area contributed by atoms with Crippen LogP contribution in [0.1, 0.15) is 59.3 Å². The maximum Gasteiger partial charge on any atom is 0.0857 e. The maximum atomic E-state index is 6.22. The first-order chi connectivity index (χ1) is 8.79. The van der Waals surface area contributed by atoms with E-state index in [0.717, 1.165) is 26.4 Å². The van der Waals surface area contributed by atoms with Crippen LogP contribution in [-0.4, -0.2) is 38.0 Å². The fraction of sp³-hybridized carbons (Fsp3) is 1.00. The van der Waals surface area contributed by atoms with Gasteiger partial charge in [0.05, 0.1) is 18.2 Å². The second-order valence-corrected chi connectivity index (χ2v) is 5.18. The molecule has 0 aromatic carbocycles. The molecule has 0 aliphatic heterocycles. The lowest BCUT2D eigenvalue weighted by atomic mass is 9.86. The third-order valence-electron chi connectivity index (χ3n) is 3.96. The highest BCUT2D eigenvalue weighted by atomic mass is 16.5. The third kappa shape index (κ3) is 4.52. The lowest BCUT2D eigenvalue weighted by Gasteiger charge is -2.40. The number of likely N-dealkylation sites (N-methyl/N-ethyl adjacent to an activating group) is 1. The highest BCUT2D eigenvalue weighted by Gasteiger charge is 2.39. The molecule has 108 valence electrons. The van der Waals surface area contributed by atoms with Crippen LogP contribution in [-0.2, 0) is 9.47 Å². The monoisotopic (exact) mass is 257 g/mol. The summed E-state index contributed by atoms with van der Waals surface area (Å²) < 4.78 is 11.9. The molecule has 0 heterocycles. The smallest absolute Gasteiger partial charge is 0.0857 e. The summed E-state index contributed by atoms with van der Waals surface area (Å²) in [5.41, 5.74) is -0.00354. The SMILES string of the molecule is CCNC(COCC)C1(OCC)CCCCCC1. The van der Waals surface area contributed by atoms with Crippen molar-refractivity contribution in [3.63, 3.8) is 0 Å². The van der Waals surface area contributed by atoms with Crippen molar-refractivity contribution >= 4 is 0 Å². The molecule has 3 nitrogen and oxygen atoms in total. The average molecular weight is 257 g/mol. The van der Waals surface area contributed by atoms with Gasteiger partial charge in [-0.05, 0) is 33.2 Å². The Balaban J connectivity index is 2.74. The predicted octanol–water partition coefficient (Wildman–Crippen LogP) is 3.13. The lowest BCUT2D eigenvalue weighted by Crippen LogP contribution is -2.55. The minimum Gasteiger partial charge on any atom is -0.380 e. The van der Waals surface area contributed by atoms with E-state index in [4.69, 9.17) is 9.47 Å². The van der Waals surface area contributed by atoms with E-state index < -0.39 is 0 Å². The van der Waals surface area contributed by atoms with E-state index in [9.17, 15) is 0 Å². The van der Waals surface area contributed by atoms with E-state index in [1.54, 1.807) is 0 Å². The fourth-order valence-corrected chi connectivity index (χ4v) is 3.09. The van der Waals surface area contributed by atoms with Crippen molar-refractivity contribution < 1.29 is 9.47 Å². The Bertz CT molecular complexity index is 201. The second kappa shape index (κ2) is 8.89. The van der Waals surface area contributed by atoms with Crippen LogP contribution in [0, 0.1) is 0 Å². The molecular weight excluding hydrogens is 226 g/mol. The zero-order valence-electron chi connectivity index (χ0n) is 12.5. The van der Waals surface area contributed by atoms with Crippen molar-refractivity contribution in [2.45, 2.75) is 70.9 Å². The minimum atomic E-state index is -0.00354. The van der Waals surface area contributed by atoms with Crippen molar-refractivity contribution in [2.75, 3.05) is 26.4 Å². The van der Waals surface area contributed by atoms with E-state index >= 15 is 0 Å². The summed E-state index contributed by atoms with van der Waals surface area (Å²) in [5, 5.41) is 3.59. The highest BCUT2D eigenvalue weighted by molar-refractivity contribution is 4.94. The van der Waals surface area contributed by atoms with Gasteiger partial charge in [-0.25, -0.2) is 0 Å². The number of hydrogen-bond acceptors (Lipinski definition) is 3. The van der Waals surface area contributed by atoms with Crippen LogP contribution < -0.4 is 5.32 Å². The molecule has 1 saturated carbocycles. The lowest BCUT2D eigenvalue weighted by molar-refractivity contribution is -0.0929. The quantitative estimate of drug-likeness (QED) is 0.678. The van der Waals surface area contributed by atoms with E-state index in [-0.39, 0.29) is 5.60 Å². The van der Waals surface area contributed by atoms with Gasteiger partial charge in [0.15, 0.2) is 0 Å². The van der Waals surface area contributed by atoms with E-state index in [2.05, 4.69) is 26.1 Å². The third-order valence-corrected chi connectivity index (χ3v) is 3.96. The summed E-state index contributed by atoms with van der Waals surface area (Å²) >= 11 is 0. The van der Waals surface area contributed by atoms with E-state index in [1.165, 1.54) is 38.5 Å². The van der Waals surface area contributed by atoms with Crippen molar-refractivity contribution in [3.8, 4) is 0 Å². The zero-order chi connectivity index (χ0) is 13.3. The number of rotatable bonds is 8. The standard InChI is InChI=1S/C15H31NO2/c1-4-16-14(13-17-5-2)15(18-6-3)11-9-7-8-10-12-15/h14,16H,4-13H2,1-3H3. The summed E-state index contributed by atoms with van der Waals surface area (Å²) in [6.45, 7) is 9.66. The van der Waals surface area contributed by atoms with E-state index in [0.29, 0.717) is 6.04 Å². The Morgan fingerprint density at radius 1 is 1.00 bits per heavy atom. The Hall–Kier alpha value is -0.120. The molecule has 1 rings (SSSR count). The molecule has 0 aromatic heterocycles. The zero-order valence-corrected chi connectivity index (χ0v) is 12.5. The van der Waals surface area contributed by atoms with Crippen LogP contribution in [0.25, 0.3) is 0 Å². The molecule has 0 amide bonds. The topological polar surface area (TPSA) is 30.5 Å². The summed E-state index contributed by atoms with van der Waals surface area (Å²) in [5.74, 6) is 0. The summed E-state index contributed by atoms with van der Waals surface area (Å²) in [6.07, 6.45) is 7.61. The molecule has 1 fully saturated rings. The van der Waals surface area contributed by atoms with Gasteiger partial charge in [0.25, 0.3) is 0 Å². The highest BCUT2D eigenvalue weighted by Crippen LogP contribution is 2.33. The molecule has 0 saturated heterocycles. The molecule has 18 heavy (non-hydrogen) atoms. The second-order valence-electron chi connectivity index (χ2n) is 5.18. The van der Waals surface area contributed by atoms with Gasteiger partial charge in [-0.2, -0.15) is 0 Å². The molecule has 3 heteroatoms. The van der Waals surface area contributed by atoms with Gasteiger partial charge < -0.3 is 14.8 Å². The molecule has 0 spiro atoms. The minimum absolute atomic E-state index is 0.00354. The Morgan fingerprint density at radius 2 is 1.67 bits per heavy atom. The van der Waals surface area contributed by atoms with Gasteiger partial charge in [-0.1, -0.05) is 32.6 Å². The first kappa shape index (κ1) is 15.9. The first-order valence-corrected chi connectivity index (χ1v) is 7.74. The molecule has 1 aliphatic rings. The summed E-state index contributed by atoms with van der Waals surface area (Å²) in [7, 11) is 0. The average Bonchev–Trinajstić information content (AvgIpc) is 2.61. The van der Waals surface area contributed by atoms with Crippen LogP contribution in [0.15, 0.2) is 0 Å². The van der Waals surface area contributed by atoms with Gasteiger partial charge in [-0.3, -0.25) is 0 Å². The Morgan fingerprint density at radius 3 is 2.17 bits per heavy atom. The maximum absolute atomic E-state index is 6.22. The molecule has 0 bridgehead atoms. The van der Waals surface area contributed by atoms with Crippen LogP contribution in [0.2, 0.25) is 0 Å². The molecular formula is C15H31NO2. The van der Waals surface area contributed by atoms with Crippen LogP contribution in [0.3, 0.4) is 0 Å². The number of ether oxygens (including phenoxy) is 2. The molecule has 0 radical (unpaired) electrons. The Kier molecular flexibility index (Phi) is 7.87. The first-order valence-electron chi connectivity index (χ1n) is 7.74. The van der Waals surface area contributed by atoms with Gasteiger partial charge in [0.1, 0.15) is 0 Å².